The average Bonchev–Trinajstić information content (AvgIpc) is 2.95. The number of imide groups is 1. The maximum Gasteiger partial charge on any atom is 0.255 e. The zero-order chi connectivity index (χ0) is 19.4. The number of amides is 4. The summed E-state index contributed by atoms with van der Waals surface area (Å²) in [6, 6.07) is 4.51. The molecule has 1 aromatic rings. The van der Waals surface area contributed by atoms with Crippen LogP contribution in [0.3, 0.4) is 0 Å². The van der Waals surface area contributed by atoms with Gasteiger partial charge in [-0.25, -0.2) is 0 Å². The molecule has 0 radical (unpaired) electrons. The minimum atomic E-state index is -0.636. The maximum atomic E-state index is 12.6. The summed E-state index contributed by atoms with van der Waals surface area (Å²) >= 11 is 0. The number of fused-ring (bicyclic) bond motifs is 1. The molecule has 0 bridgehead atoms. The van der Waals surface area contributed by atoms with E-state index in [9.17, 15) is 19.2 Å². The molecule has 144 valence electrons. The summed E-state index contributed by atoms with van der Waals surface area (Å²) < 4.78 is 0. The summed E-state index contributed by atoms with van der Waals surface area (Å²) in [6.07, 6.45) is 3.60. The number of unbranched alkanes of at least 4 members (excludes halogenated alkanes) is 2. The third-order valence-corrected chi connectivity index (χ3v) is 4.92. The molecule has 2 aliphatic rings. The van der Waals surface area contributed by atoms with Crippen molar-refractivity contribution in [2.45, 2.75) is 51.1 Å². The molecule has 8 heteroatoms. The minimum Gasteiger partial charge on any atom is -0.330 e. The van der Waals surface area contributed by atoms with Crippen LogP contribution in [0, 0.1) is 0 Å². The minimum absolute atomic E-state index is 0.0710. The second kappa shape index (κ2) is 8.30. The quantitative estimate of drug-likeness (QED) is 0.485. The Labute approximate surface area is 157 Å². The molecule has 1 atom stereocenters. The van der Waals surface area contributed by atoms with Crippen LogP contribution in [0.25, 0.3) is 0 Å². The van der Waals surface area contributed by atoms with Gasteiger partial charge < -0.3 is 16.0 Å². The first-order valence-corrected chi connectivity index (χ1v) is 9.27. The molecule has 1 fully saturated rings. The summed E-state index contributed by atoms with van der Waals surface area (Å²) in [5.41, 5.74) is 7.37. The molecule has 4 amide bonds. The highest BCUT2D eigenvalue weighted by atomic mass is 16.2. The summed E-state index contributed by atoms with van der Waals surface area (Å²) in [7, 11) is 0. The second-order valence-corrected chi connectivity index (χ2v) is 6.92. The lowest BCUT2D eigenvalue weighted by molar-refractivity contribution is -0.137. The maximum absolute atomic E-state index is 12.6. The third kappa shape index (κ3) is 4.33. The van der Waals surface area contributed by atoms with Crippen molar-refractivity contribution in [1.82, 2.24) is 10.2 Å². The van der Waals surface area contributed by atoms with Gasteiger partial charge in [0.25, 0.3) is 5.91 Å². The molecule has 1 unspecified atom stereocenters. The smallest absolute Gasteiger partial charge is 0.255 e. The van der Waals surface area contributed by atoms with E-state index in [1.54, 1.807) is 18.2 Å². The molecule has 4 N–H and O–H groups in total. The molecule has 0 aliphatic carbocycles. The van der Waals surface area contributed by atoms with Gasteiger partial charge in [0.2, 0.25) is 17.7 Å². The van der Waals surface area contributed by atoms with E-state index in [0.29, 0.717) is 37.2 Å². The monoisotopic (exact) mass is 372 g/mol. The normalized spacial score (nSPS) is 19.1. The number of hydrogen-bond acceptors (Lipinski definition) is 5. The Hall–Kier alpha value is -2.74. The predicted octanol–water partition coefficient (Wildman–Crippen LogP) is 0.905. The van der Waals surface area contributed by atoms with Crippen LogP contribution in [0.15, 0.2) is 18.2 Å². The van der Waals surface area contributed by atoms with E-state index in [1.807, 2.05) is 0 Å². The molecule has 1 saturated heterocycles. The van der Waals surface area contributed by atoms with Gasteiger partial charge in [-0.05, 0) is 49.6 Å². The molecular formula is C19H24N4O4. The SMILES string of the molecule is NCCCCCC(=O)Nc1ccc2c(c1)CN(C1CCC(=O)NC1=O)C2=O. The van der Waals surface area contributed by atoms with Crippen LogP contribution in [0.1, 0.15) is 54.4 Å². The van der Waals surface area contributed by atoms with E-state index in [0.717, 1.165) is 24.8 Å². The van der Waals surface area contributed by atoms with Gasteiger partial charge in [0.05, 0.1) is 0 Å². The third-order valence-electron chi connectivity index (χ3n) is 4.92. The van der Waals surface area contributed by atoms with E-state index in [1.165, 1.54) is 4.90 Å². The van der Waals surface area contributed by atoms with Crippen molar-refractivity contribution in [3.05, 3.63) is 29.3 Å². The summed E-state index contributed by atoms with van der Waals surface area (Å²) in [5, 5.41) is 5.13. The summed E-state index contributed by atoms with van der Waals surface area (Å²) in [5.74, 6) is -1.03. The van der Waals surface area contributed by atoms with E-state index in [4.69, 9.17) is 5.73 Å². The van der Waals surface area contributed by atoms with Crippen LogP contribution in [-0.4, -0.2) is 41.1 Å². The lowest BCUT2D eigenvalue weighted by atomic mass is 10.0. The molecule has 1 aromatic carbocycles. The Morgan fingerprint density at radius 1 is 1.22 bits per heavy atom. The number of anilines is 1. The molecule has 27 heavy (non-hydrogen) atoms. The number of nitrogens with one attached hydrogen (secondary N) is 2. The first-order valence-electron chi connectivity index (χ1n) is 9.27. The van der Waals surface area contributed by atoms with Crippen LogP contribution >= 0.6 is 0 Å². The standard InChI is InChI=1S/C19H24N4O4/c20-9-3-1-2-4-16(24)21-13-5-6-14-12(10-13)11-23(19(14)27)15-7-8-17(25)22-18(15)26/h5-6,10,15H,1-4,7-9,11,20H2,(H,21,24)(H,22,25,26). The van der Waals surface area contributed by atoms with Crippen molar-refractivity contribution < 1.29 is 19.2 Å². The van der Waals surface area contributed by atoms with Crippen LogP contribution in [0.4, 0.5) is 5.69 Å². The Bertz CT molecular complexity index is 777. The van der Waals surface area contributed by atoms with Crippen LogP contribution in [0.2, 0.25) is 0 Å². The first kappa shape index (κ1) is 19.0. The zero-order valence-corrected chi connectivity index (χ0v) is 15.1. The number of carbonyl (C=O) groups is 4. The predicted molar refractivity (Wildman–Crippen MR) is 98.6 cm³/mol. The Morgan fingerprint density at radius 3 is 2.78 bits per heavy atom. The Balaban J connectivity index is 1.62. The molecule has 2 aliphatic heterocycles. The fourth-order valence-electron chi connectivity index (χ4n) is 3.48. The lowest BCUT2D eigenvalue weighted by Gasteiger charge is -2.29. The topological polar surface area (TPSA) is 122 Å². The van der Waals surface area contributed by atoms with E-state index >= 15 is 0 Å². The summed E-state index contributed by atoms with van der Waals surface area (Å²) in [4.78, 5) is 49.5. The molecule has 0 saturated carbocycles. The van der Waals surface area contributed by atoms with E-state index < -0.39 is 11.9 Å². The van der Waals surface area contributed by atoms with Gasteiger partial charge >= 0.3 is 0 Å². The van der Waals surface area contributed by atoms with Gasteiger partial charge in [-0.1, -0.05) is 6.42 Å². The van der Waals surface area contributed by atoms with Gasteiger partial charge in [-0.15, -0.1) is 0 Å². The van der Waals surface area contributed by atoms with Crippen LogP contribution < -0.4 is 16.4 Å². The van der Waals surface area contributed by atoms with Crippen molar-refractivity contribution in [3.63, 3.8) is 0 Å². The fourth-order valence-corrected chi connectivity index (χ4v) is 3.48. The molecule has 8 nitrogen and oxygen atoms in total. The van der Waals surface area contributed by atoms with Gasteiger partial charge in [0, 0.05) is 30.6 Å². The fraction of sp³-hybridized carbons (Fsp3) is 0.474. The number of piperidine rings is 1. The molecule has 0 aromatic heterocycles. The van der Waals surface area contributed by atoms with E-state index in [-0.39, 0.29) is 24.1 Å². The molecule has 0 spiro atoms. The highest BCUT2D eigenvalue weighted by Gasteiger charge is 2.39. The van der Waals surface area contributed by atoms with Crippen molar-refractivity contribution in [3.8, 4) is 0 Å². The highest BCUT2D eigenvalue weighted by Crippen LogP contribution is 2.29. The van der Waals surface area contributed by atoms with Crippen LogP contribution in [0.5, 0.6) is 0 Å². The van der Waals surface area contributed by atoms with Crippen molar-refractivity contribution in [2.75, 3.05) is 11.9 Å². The number of benzene rings is 1. The Kier molecular flexibility index (Phi) is 5.85. The Morgan fingerprint density at radius 2 is 2.04 bits per heavy atom. The van der Waals surface area contributed by atoms with Crippen LogP contribution in [-0.2, 0) is 20.9 Å². The number of rotatable bonds is 7. The van der Waals surface area contributed by atoms with Gasteiger partial charge in [-0.2, -0.15) is 0 Å². The van der Waals surface area contributed by atoms with Gasteiger partial charge in [0.15, 0.2) is 0 Å². The van der Waals surface area contributed by atoms with Gasteiger partial charge in [-0.3, -0.25) is 24.5 Å². The average molecular weight is 372 g/mol. The van der Waals surface area contributed by atoms with Gasteiger partial charge in [0.1, 0.15) is 6.04 Å². The summed E-state index contributed by atoms with van der Waals surface area (Å²) in [6.45, 7) is 0.921. The van der Waals surface area contributed by atoms with Crippen molar-refractivity contribution in [1.29, 1.82) is 0 Å². The van der Waals surface area contributed by atoms with Crippen molar-refractivity contribution in [2.24, 2.45) is 5.73 Å². The largest absolute Gasteiger partial charge is 0.330 e. The molecule has 3 rings (SSSR count). The van der Waals surface area contributed by atoms with Crippen molar-refractivity contribution >= 4 is 29.3 Å². The second-order valence-electron chi connectivity index (χ2n) is 6.92. The number of carbonyl (C=O) groups excluding carboxylic acids is 4. The van der Waals surface area contributed by atoms with E-state index in [2.05, 4.69) is 10.6 Å². The molecular weight excluding hydrogens is 348 g/mol. The first-order chi connectivity index (χ1) is 13.0. The lowest BCUT2D eigenvalue weighted by Crippen LogP contribution is -2.52. The number of nitrogens with two attached hydrogens (primary N) is 1. The number of hydrogen-bond donors (Lipinski definition) is 3. The zero-order valence-electron chi connectivity index (χ0n) is 15.1. The number of nitrogens with zero attached hydrogens (tertiary/aromatic N) is 1. The molecule has 2 heterocycles. The highest BCUT2D eigenvalue weighted by molar-refractivity contribution is 6.05.